The molecule has 0 aromatic heterocycles. The van der Waals surface area contributed by atoms with Crippen LogP contribution in [0.5, 0.6) is 0 Å². The molecule has 0 unspecified atom stereocenters. The van der Waals surface area contributed by atoms with Crippen molar-refractivity contribution in [2.75, 3.05) is 0 Å². The zero-order valence-electron chi connectivity index (χ0n) is 8.91. The van der Waals surface area contributed by atoms with Crippen LogP contribution in [0.15, 0.2) is 18.2 Å². The molecular weight excluding hydrogens is 192 g/mol. The topological polar surface area (TPSA) is 46.5 Å². The van der Waals surface area contributed by atoms with Gasteiger partial charge in [-0.25, -0.2) is 0 Å². The second-order valence-corrected chi connectivity index (χ2v) is 4.36. The molecule has 1 aliphatic heterocycles. The molecule has 3 nitrogen and oxygen atoms in total. The highest BCUT2D eigenvalue weighted by atomic mass is 16.5. The van der Waals surface area contributed by atoms with Crippen LogP contribution < -0.4 is 0 Å². The number of Topliss-reactive ketones (excluding diaryl/α,β-unsaturated/α-hetero) is 1. The Morgan fingerprint density at radius 1 is 1.33 bits per heavy atom. The summed E-state index contributed by atoms with van der Waals surface area (Å²) in [5.41, 5.74) is 1.41. The Balaban J connectivity index is 2.35. The number of ketones is 1. The van der Waals surface area contributed by atoms with Crippen LogP contribution in [-0.4, -0.2) is 16.5 Å². The molecule has 1 aromatic rings. The third-order valence-corrected chi connectivity index (χ3v) is 2.54. The Morgan fingerprint density at radius 2 is 2.00 bits per heavy atom. The highest BCUT2D eigenvalue weighted by Gasteiger charge is 2.26. The van der Waals surface area contributed by atoms with Gasteiger partial charge in [-0.1, -0.05) is 12.1 Å². The van der Waals surface area contributed by atoms with Crippen LogP contribution in [0, 0.1) is 0 Å². The number of carbonyl (C=O) groups is 1. The summed E-state index contributed by atoms with van der Waals surface area (Å²) >= 11 is 0. The van der Waals surface area contributed by atoms with Crippen LogP contribution >= 0.6 is 0 Å². The molecule has 0 fully saturated rings. The Labute approximate surface area is 88.7 Å². The number of carbonyl (C=O) groups excluding carboxylic acids is 1. The summed E-state index contributed by atoms with van der Waals surface area (Å²) in [4.78, 5) is 11.8. The third kappa shape index (κ3) is 1.94. The molecule has 0 radical (unpaired) electrons. The molecule has 1 N–H and O–H groups in total. The normalized spacial score (nSPS) is 15.1. The summed E-state index contributed by atoms with van der Waals surface area (Å²) in [7, 11) is 0. The van der Waals surface area contributed by atoms with Gasteiger partial charge in [0.1, 0.15) is 5.60 Å². The van der Waals surface area contributed by atoms with Crippen molar-refractivity contribution >= 4 is 5.78 Å². The average molecular weight is 206 g/mol. The van der Waals surface area contributed by atoms with Crippen LogP contribution in [0.3, 0.4) is 0 Å². The first-order chi connectivity index (χ1) is 6.98. The molecule has 0 saturated carbocycles. The largest absolute Gasteiger partial charge is 0.382 e. The van der Waals surface area contributed by atoms with Crippen molar-refractivity contribution in [2.45, 2.75) is 32.7 Å². The van der Waals surface area contributed by atoms with Crippen molar-refractivity contribution in [3.05, 3.63) is 34.9 Å². The molecule has 0 bridgehead atoms. The van der Waals surface area contributed by atoms with E-state index >= 15 is 0 Å². The molecule has 0 atom stereocenters. The van der Waals surface area contributed by atoms with E-state index in [9.17, 15) is 9.90 Å². The molecule has 3 heteroatoms. The van der Waals surface area contributed by atoms with Gasteiger partial charge in [-0.05, 0) is 31.0 Å². The molecule has 0 aliphatic carbocycles. The smallest absolute Gasteiger partial charge is 0.193 e. The molecule has 1 aliphatic rings. The van der Waals surface area contributed by atoms with Crippen LogP contribution in [0.4, 0.5) is 0 Å². The lowest BCUT2D eigenvalue weighted by Crippen LogP contribution is -2.31. The maximum Gasteiger partial charge on any atom is 0.193 e. The Bertz CT molecular complexity index is 402. The molecular formula is C12H14O3. The van der Waals surface area contributed by atoms with Crippen LogP contribution in [0.2, 0.25) is 0 Å². The first-order valence-corrected chi connectivity index (χ1v) is 4.95. The second-order valence-electron chi connectivity index (χ2n) is 4.36. The molecule has 80 valence electrons. The fourth-order valence-electron chi connectivity index (χ4n) is 1.67. The van der Waals surface area contributed by atoms with E-state index in [2.05, 4.69) is 0 Å². The van der Waals surface area contributed by atoms with E-state index in [0.29, 0.717) is 18.8 Å². The highest BCUT2D eigenvalue weighted by molar-refractivity contribution is 6.01. The molecule has 0 amide bonds. The maximum atomic E-state index is 11.8. The average Bonchev–Trinajstić information content (AvgIpc) is 2.61. The standard InChI is InChI=1S/C12H14O3/c1-12(2,14)11(13)8-3-4-9-6-15-7-10(9)5-8/h3-5,14H,6-7H2,1-2H3. The third-order valence-electron chi connectivity index (χ3n) is 2.54. The van der Waals surface area contributed by atoms with Gasteiger partial charge in [0.2, 0.25) is 0 Å². The van der Waals surface area contributed by atoms with Gasteiger partial charge in [0, 0.05) is 5.56 Å². The highest BCUT2D eigenvalue weighted by Crippen LogP contribution is 2.22. The van der Waals surface area contributed by atoms with Crippen molar-refractivity contribution in [3.63, 3.8) is 0 Å². The van der Waals surface area contributed by atoms with Gasteiger partial charge in [-0.3, -0.25) is 4.79 Å². The van der Waals surface area contributed by atoms with E-state index < -0.39 is 5.60 Å². The van der Waals surface area contributed by atoms with E-state index in [1.165, 1.54) is 13.8 Å². The molecule has 0 saturated heterocycles. The van der Waals surface area contributed by atoms with Gasteiger partial charge < -0.3 is 9.84 Å². The monoisotopic (exact) mass is 206 g/mol. The van der Waals surface area contributed by atoms with E-state index in [1.54, 1.807) is 6.07 Å². The lowest BCUT2D eigenvalue weighted by atomic mass is 9.94. The Morgan fingerprint density at radius 3 is 2.67 bits per heavy atom. The molecule has 0 spiro atoms. The van der Waals surface area contributed by atoms with Gasteiger partial charge in [-0.15, -0.1) is 0 Å². The van der Waals surface area contributed by atoms with E-state index in [4.69, 9.17) is 4.74 Å². The number of hydrogen-bond donors (Lipinski definition) is 1. The van der Waals surface area contributed by atoms with Crippen LogP contribution in [-0.2, 0) is 18.0 Å². The fourth-order valence-corrected chi connectivity index (χ4v) is 1.67. The van der Waals surface area contributed by atoms with Crippen LogP contribution in [0.25, 0.3) is 0 Å². The van der Waals surface area contributed by atoms with Gasteiger partial charge in [-0.2, -0.15) is 0 Å². The zero-order chi connectivity index (χ0) is 11.1. The maximum absolute atomic E-state index is 11.8. The number of benzene rings is 1. The number of hydrogen-bond acceptors (Lipinski definition) is 3. The Hall–Kier alpha value is -1.19. The van der Waals surface area contributed by atoms with Gasteiger partial charge in [0.05, 0.1) is 13.2 Å². The Kier molecular flexibility index (Phi) is 2.37. The van der Waals surface area contributed by atoms with Crippen molar-refractivity contribution in [2.24, 2.45) is 0 Å². The number of fused-ring (bicyclic) bond motifs is 1. The lowest BCUT2D eigenvalue weighted by molar-refractivity contribution is 0.0488. The van der Waals surface area contributed by atoms with Crippen molar-refractivity contribution < 1.29 is 14.6 Å². The SMILES string of the molecule is CC(C)(O)C(=O)c1ccc2c(c1)COC2. The van der Waals surface area contributed by atoms with E-state index in [0.717, 1.165) is 11.1 Å². The first-order valence-electron chi connectivity index (χ1n) is 4.95. The number of rotatable bonds is 2. The van der Waals surface area contributed by atoms with Crippen molar-refractivity contribution in [1.29, 1.82) is 0 Å². The van der Waals surface area contributed by atoms with Crippen molar-refractivity contribution in [3.8, 4) is 0 Å². The number of ether oxygens (including phenoxy) is 1. The minimum Gasteiger partial charge on any atom is -0.382 e. The minimum absolute atomic E-state index is 0.253. The van der Waals surface area contributed by atoms with Crippen molar-refractivity contribution in [1.82, 2.24) is 0 Å². The zero-order valence-corrected chi connectivity index (χ0v) is 8.91. The summed E-state index contributed by atoms with van der Waals surface area (Å²) in [5.74, 6) is -0.253. The molecule has 1 aromatic carbocycles. The van der Waals surface area contributed by atoms with Gasteiger partial charge in [0.15, 0.2) is 5.78 Å². The quantitative estimate of drug-likeness (QED) is 0.749. The van der Waals surface area contributed by atoms with E-state index in [-0.39, 0.29) is 5.78 Å². The first kappa shape index (κ1) is 10.3. The number of aliphatic hydroxyl groups is 1. The van der Waals surface area contributed by atoms with Gasteiger partial charge in [0.25, 0.3) is 0 Å². The summed E-state index contributed by atoms with van der Waals surface area (Å²) in [6.45, 7) is 4.17. The molecule has 15 heavy (non-hydrogen) atoms. The molecule has 1 heterocycles. The summed E-state index contributed by atoms with van der Waals surface area (Å²) < 4.78 is 5.26. The summed E-state index contributed by atoms with van der Waals surface area (Å²) in [6.07, 6.45) is 0. The fraction of sp³-hybridized carbons (Fsp3) is 0.417. The minimum atomic E-state index is -1.31. The summed E-state index contributed by atoms with van der Waals surface area (Å²) in [5, 5.41) is 9.61. The van der Waals surface area contributed by atoms with E-state index in [1.807, 2.05) is 12.1 Å². The summed E-state index contributed by atoms with van der Waals surface area (Å²) in [6, 6.07) is 5.44. The van der Waals surface area contributed by atoms with Crippen LogP contribution in [0.1, 0.15) is 35.3 Å². The predicted octanol–water partition coefficient (Wildman–Crippen LogP) is 1.67. The molecule has 2 rings (SSSR count). The second kappa shape index (κ2) is 3.43. The van der Waals surface area contributed by atoms with Gasteiger partial charge >= 0.3 is 0 Å². The predicted molar refractivity (Wildman–Crippen MR) is 55.6 cm³/mol. The lowest BCUT2D eigenvalue weighted by Gasteiger charge is -2.15.